The molecule has 1 saturated carbocycles. The van der Waals surface area contributed by atoms with Gasteiger partial charge in [0, 0.05) is 6.04 Å². The molecule has 1 N–H and O–H groups in total. The van der Waals surface area contributed by atoms with Crippen molar-refractivity contribution in [3.8, 4) is 0 Å². The zero-order valence-corrected chi connectivity index (χ0v) is 12.6. The molecule has 0 aliphatic heterocycles. The van der Waals surface area contributed by atoms with Crippen molar-refractivity contribution in [2.75, 3.05) is 5.32 Å². The summed E-state index contributed by atoms with van der Waals surface area (Å²) in [5, 5.41) is 3.47. The van der Waals surface area contributed by atoms with Gasteiger partial charge in [0.15, 0.2) is 0 Å². The van der Waals surface area contributed by atoms with Crippen LogP contribution in [-0.2, 0) is 0 Å². The van der Waals surface area contributed by atoms with Gasteiger partial charge in [-0.25, -0.2) is 4.39 Å². The molecular formula is C17H26FN. The lowest BCUT2D eigenvalue weighted by Crippen LogP contribution is -2.40. The molecule has 2 heteroatoms. The van der Waals surface area contributed by atoms with Crippen molar-refractivity contribution in [1.29, 1.82) is 0 Å². The molecule has 0 aromatic heterocycles. The van der Waals surface area contributed by atoms with Gasteiger partial charge in [-0.1, -0.05) is 39.7 Å². The molecule has 0 bridgehead atoms. The summed E-state index contributed by atoms with van der Waals surface area (Å²) < 4.78 is 13.9. The molecule has 0 spiro atoms. The highest BCUT2D eigenvalue weighted by atomic mass is 19.1. The Labute approximate surface area is 116 Å². The number of rotatable bonds is 2. The van der Waals surface area contributed by atoms with Crippen LogP contribution in [0.4, 0.5) is 10.1 Å². The Hall–Kier alpha value is -1.05. The van der Waals surface area contributed by atoms with E-state index in [2.05, 4.69) is 26.1 Å². The fraction of sp³-hybridized carbons (Fsp3) is 0.647. The molecule has 2 rings (SSSR count). The van der Waals surface area contributed by atoms with Crippen LogP contribution in [0, 0.1) is 24.1 Å². The van der Waals surface area contributed by atoms with Crippen molar-refractivity contribution >= 4 is 5.69 Å². The van der Waals surface area contributed by atoms with Crippen molar-refractivity contribution in [2.45, 2.75) is 59.4 Å². The second-order valence-corrected chi connectivity index (χ2v) is 6.99. The third-order valence-corrected chi connectivity index (χ3v) is 4.34. The number of hydrogen-bond donors (Lipinski definition) is 1. The Kier molecular flexibility index (Phi) is 4.17. The molecule has 0 radical (unpaired) electrons. The van der Waals surface area contributed by atoms with Crippen LogP contribution < -0.4 is 5.32 Å². The molecule has 0 saturated heterocycles. The van der Waals surface area contributed by atoms with E-state index < -0.39 is 0 Å². The highest BCUT2D eigenvalue weighted by molar-refractivity contribution is 5.48. The van der Waals surface area contributed by atoms with E-state index in [-0.39, 0.29) is 11.2 Å². The van der Waals surface area contributed by atoms with E-state index in [4.69, 9.17) is 0 Å². The molecule has 0 amide bonds. The number of halogens is 1. The van der Waals surface area contributed by atoms with Gasteiger partial charge in [0.25, 0.3) is 0 Å². The quantitative estimate of drug-likeness (QED) is 0.778. The summed E-state index contributed by atoms with van der Waals surface area (Å²) in [5.74, 6) is 0.477. The van der Waals surface area contributed by atoms with Crippen molar-refractivity contribution in [2.24, 2.45) is 11.3 Å². The average Bonchev–Trinajstić information content (AvgIpc) is 2.33. The van der Waals surface area contributed by atoms with Gasteiger partial charge in [-0.3, -0.25) is 0 Å². The molecule has 2 atom stereocenters. The topological polar surface area (TPSA) is 12.0 Å². The highest BCUT2D eigenvalue weighted by Crippen LogP contribution is 2.39. The van der Waals surface area contributed by atoms with Crippen molar-refractivity contribution in [3.63, 3.8) is 0 Å². The lowest BCUT2D eigenvalue weighted by atomic mass is 9.69. The first kappa shape index (κ1) is 14.4. The third kappa shape index (κ3) is 3.49. The fourth-order valence-corrected chi connectivity index (χ4v) is 3.29. The summed E-state index contributed by atoms with van der Waals surface area (Å²) in [6, 6.07) is 5.70. The van der Waals surface area contributed by atoms with Crippen LogP contribution >= 0.6 is 0 Å². The van der Waals surface area contributed by atoms with E-state index in [0.29, 0.717) is 17.6 Å². The number of hydrogen-bond acceptors (Lipinski definition) is 1. The van der Waals surface area contributed by atoms with Crippen molar-refractivity contribution < 1.29 is 4.39 Å². The predicted octanol–water partition coefficient (Wildman–Crippen LogP) is 5.15. The van der Waals surface area contributed by atoms with Gasteiger partial charge < -0.3 is 5.32 Å². The van der Waals surface area contributed by atoms with Crippen LogP contribution in [0.3, 0.4) is 0 Å². The van der Waals surface area contributed by atoms with Gasteiger partial charge in [-0.05, 0) is 48.8 Å². The minimum Gasteiger partial charge on any atom is -0.380 e. The Morgan fingerprint density at radius 3 is 2.53 bits per heavy atom. The Morgan fingerprint density at radius 1 is 1.16 bits per heavy atom. The Balaban J connectivity index is 2.17. The molecule has 1 aromatic rings. The van der Waals surface area contributed by atoms with E-state index in [1.807, 2.05) is 19.1 Å². The van der Waals surface area contributed by atoms with Crippen LogP contribution in [0.15, 0.2) is 18.2 Å². The maximum absolute atomic E-state index is 13.9. The van der Waals surface area contributed by atoms with Gasteiger partial charge in [-0.15, -0.1) is 0 Å². The molecule has 106 valence electrons. The van der Waals surface area contributed by atoms with Crippen LogP contribution in [-0.4, -0.2) is 6.04 Å². The lowest BCUT2D eigenvalue weighted by Gasteiger charge is -2.41. The first-order valence-corrected chi connectivity index (χ1v) is 7.40. The SMILES string of the molecule is Cc1ccc(F)c(NC2CCCCC2C(C)(C)C)c1. The van der Waals surface area contributed by atoms with Crippen molar-refractivity contribution in [1.82, 2.24) is 0 Å². The minimum absolute atomic E-state index is 0.135. The average molecular weight is 263 g/mol. The second-order valence-electron chi connectivity index (χ2n) is 6.99. The van der Waals surface area contributed by atoms with Crippen LogP contribution in [0.5, 0.6) is 0 Å². The summed E-state index contributed by atoms with van der Waals surface area (Å²) in [6.45, 7) is 8.89. The van der Waals surface area contributed by atoms with Crippen molar-refractivity contribution in [3.05, 3.63) is 29.6 Å². The summed E-state index contributed by atoms with van der Waals surface area (Å²) in [5.41, 5.74) is 2.05. The standard InChI is InChI=1S/C17H26FN/c1-12-9-10-14(18)16(11-12)19-15-8-6-5-7-13(15)17(2,3)4/h9-11,13,15,19H,5-8H2,1-4H3. The molecule has 1 aromatic carbocycles. The molecule has 1 aliphatic carbocycles. The molecular weight excluding hydrogens is 237 g/mol. The monoisotopic (exact) mass is 263 g/mol. The molecule has 1 fully saturated rings. The fourth-order valence-electron chi connectivity index (χ4n) is 3.29. The Bertz CT molecular complexity index is 433. The largest absolute Gasteiger partial charge is 0.380 e. The third-order valence-electron chi connectivity index (χ3n) is 4.34. The zero-order valence-electron chi connectivity index (χ0n) is 12.6. The normalized spacial score (nSPS) is 24.3. The Morgan fingerprint density at radius 2 is 1.84 bits per heavy atom. The molecule has 1 nitrogen and oxygen atoms in total. The van der Waals surface area contributed by atoms with Gasteiger partial charge in [-0.2, -0.15) is 0 Å². The molecule has 2 unspecified atom stereocenters. The van der Waals surface area contributed by atoms with E-state index in [0.717, 1.165) is 12.0 Å². The van der Waals surface area contributed by atoms with Crippen LogP contribution in [0.2, 0.25) is 0 Å². The van der Waals surface area contributed by atoms with Gasteiger partial charge in [0.05, 0.1) is 5.69 Å². The summed E-state index contributed by atoms with van der Waals surface area (Å²) >= 11 is 0. The highest BCUT2D eigenvalue weighted by Gasteiger charge is 2.34. The first-order chi connectivity index (χ1) is 8.88. The first-order valence-electron chi connectivity index (χ1n) is 7.40. The molecule has 19 heavy (non-hydrogen) atoms. The maximum atomic E-state index is 13.9. The lowest BCUT2D eigenvalue weighted by molar-refractivity contribution is 0.162. The van der Waals surface area contributed by atoms with Gasteiger partial charge in [0.2, 0.25) is 0 Å². The maximum Gasteiger partial charge on any atom is 0.146 e. The van der Waals surface area contributed by atoms with E-state index in [1.54, 1.807) is 6.07 Å². The smallest absolute Gasteiger partial charge is 0.146 e. The summed E-state index contributed by atoms with van der Waals surface area (Å²) in [7, 11) is 0. The minimum atomic E-state index is -0.135. The predicted molar refractivity (Wildman–Crippen MR) is 80.0 cm³/mol. The second kappa shape index (κ2) is 5.52. The van der Waals surface area contributed by atoms with E-state index in [1.165, 1.54) is 19.3 Å². The number of benzene rings is 1. The van der Waals surface area contributed by atoms with Gasteiger partial charge in [0.1, 0.15) is 5.82 Å². The van der Waals surface area contributed by atoms with Gasteiger partial charge >= 0.3 is 0 Å². The number of nitrogens with one attached hydrogen (secondary N) is 1. The van der Waals surface area contributed by atoms with Crippen LogP contribution in [0.25, 0.3) is 0 Å². The molecule has 1 aliphatic rings. The zero-order chi connectivity index (χ0) is 14.0. The van der Waals surface area contributed by atoms with E-state index >= 15 is 0 Å². The van der Waals surface area contributed by atoms with E-state index in [9.17, 15) is 4.39 Å². The number of aryl methyl sites for hydroxylation is 1. The molecule has 0 heterocycles. The summed E-state index contributed by atoms with van der Waals surface area (Å²) in [4.78, 5) is 0. The summed E-state index contributed by atoms with van der Waals surface area (Å²) in [6.07, 6.45) is 4.94. The number of anilines is 1. The van der Waals surface area contributed by atoms with Crippen LogP contribution in [0.1, 0.15) is 52.0 Å².